The molecule has 0 saturated heterocycles. The lowest BCUT2D eigenvalue weighted by Gasteiger charge is -2.18. The van der Waals surface area contributed by atoms with Crippen molar-refractivity contribution in [2.45, 2.75) is 13.0 Å². The second kappa shape index (κ2) is 5.76. The highest BCUT2D eigenvalue weighted by atomic mass is 79.9. The lowest BCUT2D eigenvalue weighted by molar-refractivity contribution is 0.599. The summed E-state index contributed by atoms with van der Waals surface area (Å²) in [6, 6.07) is 9.27. The summed E-state index contributed by atoms with van der Waals surface area (Å²) in [5, 5.41) is 5.42. The zero-order valence-electron chi connectivity index (χ0n) is 9.41. The van der Waals surface area contributed by atoms with E-state index in [2.05, 4.69) is 27.3 Å². The van der Waals surface area contributed by atoms with Crippen LogP contribution in [0.3, 0.4) is 0 Å². The molecule has 0 amide bonds. The first kappa shape index (κ1) is 12.7. The first-order valence-electron chi connectivity index (χ1n) is 5.44. The molecule has 1 N–H and O–H groups in total. The zero-order valence-corrected chi connectivity index (χ0v) is 11.8. The smallest absolute Gasteiger partial charge is 0.137 e. The quantitative estimate of drug-likeness (QED) is 0.885. The minimum absolute atomic E-state index is 0.0464. The molecule has 0 fully saturated rings. The molecular weight excluding hydrogens is 301 g/mol. The van der Waals surface area contributed by atoms with Gasteiger partial charge < -0.3 is 5.32 Å². The molecule has 0 bridgehead atoms. The predicted molar refractivity (Wildman–Crippen MR) is 73.9 cm³/mol. The van der Waals surface area contributed by atoms with Gasteiger partial charge in [-0.05, 0) is 45.6 Å². The average Bonchev–Trinajstić information content (AvgIpc) is 2.84. The summed E-state index contributed by atoms with van der Waals surface area (Å²) < 4.78 is 14.1. The summed E-state index contributed by atoms with van der Waals surface area (Å²) in [6.07, 6.45) is 0. The fourth-order valence-electron chi connectivity index (χ4n) is 1.77. The van der Waals surface area contributed by atoms with Gasteiger partial charge in [0, 0.05) is 4.88 Å². The Labute approximate surface area is 113 Å². The van der Waals surface area contributed by atoms with Crippen LogP contribution in [0.4, 0.5) is 4.39 Å². The molecule has 2 aromatic rings. The fourth-order valence-corrected chi connectivity index (χ4v) is 3.08. The number of benzene rings is 1. The van der Waals surface area contributed by atoms with E-state index in [0.29, 0.717) is 4.47 Å². The van der Waals surface area contributed by atoms with Gasteiger partial charge in [0.05, 0.1) is 10.5 Å². The molecule has 0 saturated carbocycles. The van der Waals surface area contributed by atoms with Crippen molar-refractivity contribution in [3.63, 3.8) is 0 Å². The third-order valence-electron chi connectivity index (χ3n) is 2.53. The summed E-state index contributed by atoms with van der Waals surface area (Å²) in [5.74, 6) is -0.220. The maximum atomic E-state index is 13.6. The van der Waals surface area contributed by atoms with Crippen molar-refractivity contribution >= 4 is 27.3 Å². The van der Waals surface area contributed by atoms with Crippen LogP contribution in [0.2, 0.25) is 0 Å². The van der Waals surface area contributed by atoms with Gasteiger partial charge in [-0.15, -0.1) is 11.3 Å². The molecule has 0 radical (unpaired) electrons. The number of halogens is 2. The van der Waals surface area contributed by atoms with E-state index in [-0.39, 0.29) is 11.9 Å². The van der Waals surface area contributed by atoms with Crippen LogP contribution in [0, 0.1) is 5.82 Å². The van der Waals surface area contributed by atoms with Crippen molar-refractivity contribution in [3.8, 4) is 0 Å². The van der Waals surface area contributed by atoms with Crippen LogP contribution in [0.15, 0.2) is 40.2 Å². The molecule has 4 heteroatoms. The topological polar surface area (TPSA) is 12.0 Å². The highest BCUT2D eigenvalue weighted by Crippen LogP contribution is 2.32. The molecule has 1 aromatic heterocycles. The third kappa shape index (κ3) is 2.76. The van der Waals surface area contributed by atoms with Crippen molar-refractivity contribution in [2.75, 3.05) is 6.54 Å². The first-order chi connectivity index (χ1) is 8.24. The number of rotatable bonds is 4. The number of nitrogens with one attached hydrogen (secondary N) is 1. The summed E-state index contributed by atoms with van der Waals surface area (Å²) in [7, 11) is 0. The monoisotopic (exact) mass is 313 g/mol. The maximum absolute atomic E-state index is 13.6. The van der Waals surface area contributed by atoms with Gasteiger partial charge in [-0.2, -0.15) is 0 Å². The summed E-state index contributed by atoms with van der Waals surface area (Å²) in [5.41, 5.74) is 0.939. The Morgan fingerprint density at radius 3 is 2.82 bits per heavy atom. The number of hydrogen-bond acceptors (Lipinski definition) is 2. The fraction of sp³-hybridized carbons (Fsp3) is 0.231. The normalized spacial score (nSPS) is 12.6. The van der Waals surface area contributed by atoms with Gasteiger partial charge in [-0.25, -0.2) is 4.39 Å². The largest absolute Gasteiger partial charge is 0.306 e. The van der Waals surface area contributed by atoms with Crippen LogP contribution < -0.4 is 5.32 Å². The SMILES string of the molecule is CCNC(c1cccs1)c1cccc(F)c1Br. The Balaban J connectivity index is 2.43. The molecule has 0 aliphatic rings. The molecule has 17 heavy (non-hydrogen) atoms. The van der Waals surface area contributed by atoms with E-state index >= 15 is 0 Å². The number of hydrogen-bond donors (Lipinski definition) is 1. The third-order valence-corrected chi connectivity index (χ3v) is 4.30. The van der Waals surface area contributed by atoms with Gasteiger partial charge in [0.2, 0.25) is 0 Å². The van der Waals surface area contributed by atoms with Crippen molar-refractivity contribution in [1.82, 2.24) is 5.32 Å². The Morgan fingerprint density at radius 1 is 1.35 bits per heavy atom. The van der Waals surface area contributed by atoms with Gasteiger partial charge in [0.1, 0.15) is 5.82 Å². The molecule has 1 heterocycles. The molecule has 0 spiro atoms. The summed E-state index contributed by atoms with van der Waals surface area (Å²) in [6.45, 7) is 2.89. The van der Waals surface area contributed by atoms with Crippen LogP contribution in [0.5, 0.6) is 0 Å². The van der Waals surface area contributed by atoms with Gasteiger partial charge >= 0.3 is 0 Å². The lowest BCUT2D eigenvalue weighted by Crippen LogP contribution is -2.21. The van der Waals surface area contributed by atoms with E-state index in [0.717, 1.165) is 12.1 Å². The number of thiophene rings is 1. The Hall–Kier alpha value is -0.710. The molecule has 1 unspecified atom stereocenters. The van der Waals surface area contributed by atoms with E-state index in [1.165, 1.54) is 10.9 Å². The molecule has 2 rings (SSSR count). The van der Waals surface area contributed by atoms with E-state index < -0.39 is 0 Å². The van der Waals surface area contributed by atoms with Crippen LogP contribution in [0.1, 0.15) is 23.4 Å². The van der Waals surface area contributed by atoms with Crippen LogP contribution in [-0.4, -0.2) is 6.54 Å². The predicted octanol–water partition coefficient (Wildman–Crippen LogP) is 4.35. The Morgan fingerprint density at radius 2 is 2.18 bits per heavy atom. The van der Waals surface area contributed by atoms with E-state index in [1.54, 1.807) is 17.4 Å². The molecule has 1 nitrogen and oxygen atoms in total. The lowest BCUT2D eigenvalue weighted by atomic mass is 10.1. The van der Waals surface area contributed by atoms with Crippen LogP contribution in [0.25, 0.3) is 0 Å². The van der Waals surface area contributed by atoms with E-state index in [1.807, 2.05) is 24.4 Å². The van der Waals surface area contributed by atoms with Crippen molar-refractivity contribution in [3.05, 3.63) is 56.4 Å². The Kier molecular flexibility index (Phi) is 4.31. The second-order valence-electron chi connectivity index (χ2n) is 3.65. The van der Waals surface area contributed by atoms with Crippen molar-refractivity contribution in [2.24, 2.45) is 0 Å². The maximum Gasteiger partial charge on any atom is 0.137 e. The average molecular weight is 314 g/mol. The molecule has 1 aromatic carbocycles. The zero-order chi connectivity index (χ0) is 12.3. The van der Waals surface area contributed by atoms with Gasteiger partial charge in [-0.3, -0.25) is 0 Å². The van der Waals surface area contributed by atoms with Crippen molar-refractivity contribution < 1.29 is 4.39 Å². The Bertz CT molecular complexity index is 484. The standard InChI is InChI=1S/C13H13BrFNS/c1-2-16-13(11-7-4-8-17-11)9-5-3-6-10(15)12(9)14/h3-8,13,16H,2H2,1H3. The highest BCUT2D eigenvalue weighted by molar-refractivity contribution is 9.10. The van der Waals surface area contributed by atoms with Gasteiger partial charge in [0.15, 0.2) is 0 Å². The molecular formula is C13H13BrFNS. The minimum Gasteiger partial charge on any atom is -0.306 e. The molecule has 1 atom stereocenters. The molecule has 0 aliphatic carbocycles. The van der Waals surface area contributed by atoms with E-state index in [9.17, 15) is 4.39 Å². The van der Waals surface area contributed by atoms with Crippen molar-refractivity contribution in [1.29, 1.82) is 0 Å². The molecule has 90 valence electrons. The van der Waals surface area contributed by atoms with Gasteiger partial charge in [-0.1, -0.05) is 25.1 Å². The highest BCUT2D eigenvalue weighted by Gasteiger charge is 2.18. The van der Waals surface area contributed by atoms with Gasteiger partial charge in [0.25, 0.3) is 0 Å². The van der Waals surface area contributed by atoms with Crippen LogP contribution in [-0.2, 0) is 0 Å². The molecule has 0 aliphatic heterocycles. The van der Waals surface area contributed by atoms with Crippen LogP contribution >= 0.6 is 27.3 Å². The minimum atomic E-state index is -0.220. The first-order valence-corrected chi connectivity index (χ1v) is 7.12. The van der Waals surface area contributed by atoms with E-state index in [4.69, 9.17) is 0 Å². The second-order valence-corrected chi connectivity index (χ2v) is 5.42. The summed E-state index contributed by atoms with van der Waals surface area (Å²) in [4.78, 5) is 1.19. The summed E-state index contributed by atoms with van der Waals surface area (Å²) >= 11 is 5.00.